The van der Waals surface area contributed by atoms with Gasteiger partial charge in [0.1, 0.15) is 11.8 Å². The van der Waals surface area contributed by atoms with E-state index in [9.17, 15) is 4.79 Å². The molecule has 1 rings (SSSR count). The lowest BCUT2D eigenvalue weighted by atomic mass is 10.1. The van der Waals surface area contributed by atoms with E-state index in [1.54, 1.807) is 0 Å². The van der Waals surface area contributed by atoms with Crippen molar-refractivity contribution in [2.45, 2.75) is 27.2 Å². The first-order chi connectivity index (χ1) is 6.54. The molecule has 0 aromatic carbocycles. The Labute approximate surface area is 83.3 Å². The van der Waals surface area contributed by atoms with Crippen molar-refractivity contribution in [2.75, 3.05) is 0 Å². The first-order valence-electron chi connectivity index (χ1n) is 4.58. The van der Waals surface area contributed by atoms with Crippen molar-refractivity contribution < 1.29 is 9.21 Å². The van der Waals surface area contributed by atoms with Gasteiger partial charge in [0.05, 0.1) is 5.56 Å². The van der Waals surface area contributed by atoms with Crippen LogP contribution in [0.2, 0.25) is 0 Å². The van der Waals surface area contributed by atoms with Crippen LogP contribution in [0.1, 0.15) is 42.6 Å². The topological polar surface area (TPSA) is 54.0 Å². The Morgan fingerprint density at radius 3 is 2.71 bits per heavy atom. The van der Waals surface area contributed by atoms with E-state index in [-0.39, 0.29) is 11.5 Å². The third-order valence-electron chi connectivity index (χ3n) is 1.87. The fraction of sp³-hybridized carbons (Fsp3) is 0.455. The minimum atomic E-state index is -0.142. The second-order valence-corrected chi connectivity index (χ2v) is 3.71. The summed E-state index contributed by atoms with van der Waals surface area (Å²) < 4.78 is 5.31. The minimum Gasteiger partial charge on any atom is -0.457 e. The number of hydrogen-bond acceptors (Lipinski definition) is 3. The molecule has 0 bridgehead atoms. The minimum absolute atomic E-state index is 0.142. The fourth-order valence-corrected chi connectivity index (χ4v) is 1.22. The van der Waals surface area contributed by atoms with E-state index < -0.39 is 0 Å². The zero-order valence-electron chi connectivity index (χ0n) is 8.63. The van der Waals surface area contributed by atoms with Crippen molar-refractivity contribution in [3.63, 3.8) is 0 Å². The summed E-state index contributed by atoms with van der Waals surface area (Å²) in [5, 5.41) is 8.81. The number of nitriles is 1. The predicted octanol–water partition coefficient (Wildman–Crippen LogP) is 2.55. The molecule has 0 fully saturated rings. The quantitative estimate of drug-likeness (QED) is 0.690. The van der Waals surface area contributed by atoms with Gasteiger partial charge in [-0.25, -0.2) is 0 Å². The molecule has 1 heterocycles. The SMILES string of the molecule is CC(=O)c1cc(C#N)c(CC(C)C)o1. The Bertz CT molecular complexity index is 382. The van der Waals surface area contributed by atoms with E-state index >= 15 is 0 Å². The molecular formula is C11H13NO2. The Morgan fingerprint density at radius 1 is 1.64 bits per heavy atom. The second-order valence-electron chi connectivity index (χ2n) is 3.71. The van der Waals surface area contributed by atoms with Gasteiger partial charge in [-0.3, -0.25) is 4.79 Å². The molecule has 0 atom stereocenters. The molecule has 0 saturated carbocycles. The van der Waals surface area contributed by atoms with Crippen molar-refractivity contribution in [3.8, 4) is 6.07 Å². The van der Waals surface area contributed by atoms with Crippen LogP contribution in [0.15, 0.2) is 10.5 Å². The van der Waals surface area contributed by atoms with Crippen molar-refractivity contribution in [1.82, 2.24) is 0 Å². The Balaban J connectivity index is 3.04. The maximum absolute atomic E-state index is 11.0. The smallest absolute Gasteiger partial charge is 0.194 e. The summed E-state index contributed by atoms with van der Waals surface area (Å²) in [5.41, 5.74) is 0.476. The van der Waals surface area contributed by atoms with Gasteiger partial charge in [-0.2, -0.15) is 5.26 Å². The van der Waals surface area contributed by atoms with Gasteiger partial charge < -0.3 is 4.42 Å². The number of rotatable bonds is 3. The molecule has 0 spiro atoms. The second kappa shape index (κ2) is 4.10. The van der Waals surface area contributed by atoms with Gasteiger partial charge in [0.25, 0.3) is 0 Å². The molecule has 1 aromatic rings. The van der Waals surface area contributed by atoms with Gasteiger partial charge in [-0.1, -0.05) is 13.8 Å². The van der Waals surface area contributed by atoms with Crippen molar-refractivity contribution in [1.29, 1.82) is 5.26 Å². The Morgan fingerprint density at radius 2 is 2.29 bits per heavy atom. The van der Waals surface area contributed by atoms with Gasteiger partial charge in [0, 0.05) is 19.4 Å². The third-order valence-corrected chi connectivity index (χ3v) is 1.87. The molecule has 0 amide bonds. The summed E-state index contributed by atoms with van der Waals surface area (Å²) in [6.07, 6.45) is 0.691. The van der Waals surface area contributed by atoms with Crippen LogP contribution in [0.5, 0.6) is 0 Å². The number of carbonyl (C=O) groups excluding carboxylic acids is 1. The van der Waals surface area contributed by atoms with E-state index in [0.29, 0.717) is 23.7 Å². The van der Waals surface area contributed by atoms with Crippen LogP contribution in [0.25, 0.3) is 0 Å². The molecule has 0 radical (unpaired) electrons. The summed E-state index contributed by atoms with van der Waals surface area (Å²) in [7, 11) is 0. The highest BCUT2D eigenvalue weighted by molar-refractivity contribution is 5.91. The average Bonchev–Trinajstić information content (AvgIpc) is 2.46. The monoisotopic (exact) mass is 191 g/mol. The summed E-state index contributed by atoms with van der Waals surface area (Å²) in [4.78, 5) is 11.0. The maximum Gasteiger partial charge on any atom is 0.194 e. The number of ketones is 1. The summed E-state index contributed by atoms with van der Waals surface area (Å²) in [6, 6.07) is 3.54. The standard InChI is InChI=1S/C11H13NO2/c1-7(2)4-11-9(6-12)5-10(14-11)8(3)13/h5,7H,4H2,1-3H3. The van der Waals surface area contributed by atoms with Crippen LogP contribution in [-0.4, -0.2) is 5.78 Å². The Kier molecular flexibility index (Phi) is 3.08. The number of nitrogens with zero attached hydrogens (tertiary/aromatic N) is 1. The first kappa shape index (κ1) is 10.5. The van der Waals surface area contributed by atoms with Crippen molar-refractivity contribution >= 4 is 5.78 Å². The van der Waals surface area contributed by atoms with Crippen LogP contribution in [0.3, 0.4) is 0 Å². The van der Waals surface area contributed by atoms with Gasteiger partial charge in [0.15, 0.2) is 11.5 Å². The normalized spacial score (nSPS) is 10.2. The molecule has 74 valence electrons. The van der Waals surface area contributed by atoms with Gasteiger partial charge in [-0.15, -0.1) is 0 Å². The zero-order valence-corrected chi connectivity index (χ0v) is 8.63. The number of hydrogen-bond donors (Lipinski definition) is 0. The van der Waals surface area contributed by atoms with Crippen LogP contribution in [-0.2, 0) is 6.42 Å². The molecule has 1 aromatic heterocycles. The van der Waals surface area contributed by atoms with Gasteiger partial charge >= 0.3 is 0 Å². The van der Waals surface area contributed by atoms with E-state index in [1.807, 2.05) is 19.9 Å². The summed E-state index contributed by atoms with van der Waals surface area (Å²) in [5.74, 6) is 1.16. The molecule has 0 unspecified atom stereocenters. The lowest BCUT2D eigenvalue weighted by Gasteiger charge is -2.00. The molecule has 3 heteroatoms. The average molecular weight is 191 g/mol. The molecule has 0 aliphatic carbocycles. The van der Waals surface area contributed by atoms with E-state index in [1.165, 1.54) is 13.0 Å². The van der Waals surface area contributed by atoms with E-state index in [4.69, 9.17) is 9.68 Å². The number of Topliss-reactive ketones (excluding diaryl/α,β-unsaturated/α-hetero) is 1. The van der Waals surface area contributed by atoms with E-state index in [2.05, 4.69) is 0 Å². The highest BCUT2D eigenvalue weighted by Crippen LogP contribution is 2.18. The molecule has 3 nitrogen and oxygen atoms in total. The maximum atomic E-state index is 11.0. The lowest BCUT2D eigenvalue weighted by Crippen LogP contribution is -1.94. The molecule has 0 N–H and O–H groups in total. The van der Waals surface area contributed by atoms with Crippen LogP contribution >= 0.6 is 0 Å². The Hall–Kier alpha value is -1.56. The fourth-order valence-electron chi connectivity index (χ4n) is 1.22. The molecule has 14 heavy (non-hydrogen) atoms. The van der Waals surface area contributed by atoms with Crippen molar-refractivity contribution in [2.24, 2.45) is 5.92 Å². The first-order valence-corrected chi connectivity index (χ1v) is 4.58. The van der Waals surface area contributed by atoms with Gasteiger partial charge in [0.2, 0.25) is 0 Å². The van der Waals surface area contributed by atoms with Crippen LogP contribution in [0, 0.1) is 17.2 Å². The van der Waals surface area contributed by atoms with Gasteiger partial charge in [-0.05, 0) is 5.92 Å². The van der Waals surface area contributed by atoms with Crippen LogP contribution < -0.4 is 0 Å². The largest absolute Gasteiger partial charge is 0.457 e. The zero-order chi connectivity index (χ0) is 10.7. The van der Waals surface area contributed by atoms with Crippen LogP contribution in [0.4, 0.5) is 0 Å². The number of carbonyl (C=O) groups is 1. The summed E-state index contributed by atoms with van der Waals surface area (Å²) in [6.45, 7) is 5.51. The molecule has 0 aliphatic heterocycles. The third kappa shape index (κ3) is 2.23. The van der Waals surface area contributed by atoms with Crippen molar-refractivity contribution in [3.05, 3.63) is 23.2 Å². The highest BCUT2D eigenvalue weighted by Gasteiger charge is 2.14. The molecule has 0 saturated heterocycles. The number of furan rings is 1. The summed E-state index contributed by atoms with van der Waals surface area (Å²) >= 11 is 0. The predicted molar refractivity (Wildman–Crippen MR) is 52.0 cm³/mol. The molecular weight excluding hydrogens is 178 g/mol. The highest BCUT2D eigenvalue weighted by atomic mass is 16.3. The van der Waals surface area contributed by atoms with E-state index in [0.717, 1.165) is 0 Å². The lowest BCUT2D eigenvalue weighted by molar-refractivity contribution is 0.0985. The molecule has 0 aliphatic rings.